The van der Waals surface area contributed by atoms with Gasteiger partial charge in [-0.25, -0.2) is 0 Å². The molecule has 0 amide bonds. The molecule has 2 aliphatic rings. The summed E-state index contributed by atoms with van der Waals surface area (Å²) >= 11 is 0. The molecule has 1 nitrogen and oxygen atoms in total. The molecule has 1 heteroatoms. The van der Waals surface area contributed by atoms with E-state index < -0.39 is 0 Å². The van der Waals surface area contributed by atoms with E-state index in [2.05, 4.69) is 107 Å². The third kappa shape index (κ3) is 5.15. The average molecular weight is 466 g/mol. The molecule has 1 fully saturated rings. The van der Waals surface area contributed by atoms with Crippen molar-refractivity contribution in [2.45, 2.75) is 72.6 Å². The molecule has 2 aromatic rings. The van der Waals surface area contributed by atoms with Crippen molar-refractivity contribution in [1.82, 2.24) is 0 Å². The Kier molecular flexibility index (Phi) is 7.95. The maximum atomic E-state index is 5.00. The summed E-state index contributed by atoms with van der Waals surface area (Å²) in [5.41, 5.74) is 6.59. The van der Waals surface area contributed by atoms with Crippen molar-refractivity contribution >= 4 is 17.4 Å². The van der Waals surface area contributed by atoms with Crippen molar-refractivity contribution in [1.29, 1.82) is 0 Å². The number of aryl methyl sites for hydroxylation is 1. The van der Waals surface area contributed by atoms with Gasteiger partial charge in [-0.2, -0.15) is 0 Å². The third-order valence-corrected chi connectivity index (χ3v) is 8.45. The Morgan fingerprint density at radius 2 is 1.66 bits per heavy atom. The van der Waals surface area contributed by atoms with Crippen molar-refractivity contribution in [3.8, 4) is 0 Å². The van der Waals surface area contributed by atoms with Crippen LogP contribution < -0.4 is 10.4 Å². The van der Waals surface area contributed by atoms with Gasteiger partial charge in [-0.05, 0) is 79.0 Å². The van der Waals surface area contributed by atoms with Crippen LogP contribution in [0.15, 0.2) is 71.8 Å². The van der Waals surface area contributed by atoms with Gasteiger partial charge in [0.05, 0.1) is 5.71 Å². The van der Waals surface area contributed by atoms with E-state index in [1.807, 2.05) is 7.05 Å². The zero-order valence-corrected chi connectivity index (χ0v) is 22.6. The van der Waals surface area contributed by atoms with Crippen LogP contribution >= 0.6 is 0 Å². The topological polar surface area (TPSA) is 12.4 Å². The highest BCUT2D eigenvalue weighted by Crippen LogP contribution is 2.42. The van der Waals surface area contributed by atoms with Crippen LogP contribution in [0.25, 0.3) is 11.6 Å². The monoisotopic (exact) mass is 465 g/mol. The second-order valence-corrected chi connectivity index (χ2v) is 11.0. The molecule has 0 aromatic heterocycles. The van der Waals surface area contributed by atoms with E-state index in [1.165, 1.54) is 58.4 Å². The summed E-state index contributed by atoms with van der Waals surface area (Å²) in [6, 6.07) is 16.1. The fourth-order valence-electron chi connectivity index (χ4n) is 6.52. The number of fused-ring (bicyclic) bond motifs is 1. The average Bonchev–Trinajstić information content (AvgIpc) is 2.86. The Balaban J connectivity index is 1.85. The standard InChI is InChI=1S/C34H43N/c1-7-21-34(5,22-8-2)31-20-18-27-11-9-10-12-30(27)32(31)33(35-6)29-19-17-28(23-25(29)4)26-15-13-24(3)14-16-26/h7-12,17-19,21-24,26,31H,13-16,20H2,1-6H3. The first-order valence-electron chi connectivity index (χ1n) is 13.6. The van der Waals surface area contributed by atoms with Crippen molar-refractivity contribution in [2.75, 3.05) is 7.05 Å². The Hall–Kier alpha value is -2.67. The molecule has 0 spiro atoms. The van der Waals surface area contributed by atoms with Gasteiger partial charge in [-0.15, -0.1) is 0 Å². The van der Waals surface area contributed by atoms with Gasteiger partial charge in [-0.3, -0.25) is 4.99 Å². The summed E-state index contributed by atoms with van der Waals surface area (Å²) in [6.07, 6.45) is 17.9. The normalized spacial score (nSPS) is 24.9. The van der Waals surface area contributed by atoms with Crippen molar-refractivity contribution in [2.24, 2.45) is 22.2 Å². The number of hydrogen-bond donors (Lipinski definition) is 0. The van der Waals surface area contributed by atoms with Crippen LogP contribution in [-0.4, -0.2) is 12.8 Å². The minimum atomic E-state index is -0.0779. The van der Waals surface area contributed by atoms with E-state index in [1.54, 1.807) is 0 Å². The van der Waals surface area contributed by atoms with Crippen LogP contribution in [0.1, 0.15) is 82.4 Å². The van der Waals surface area contributed by atoms with Gasteiger partial charge in [0.15, 0.2) is 0 Å². The largest absolute Gasteiger partial charge is 0.288 e. The number of benzene rings is 2. The Morgan fingerprint density at radius 1 is 0.971 bits per heavy atom. The van der Waals surface area contributed by atoms with E-state index in [-0.39, 0.29) is 5.41 Å². The van der Waals surface area contributed by atoms with Crippen LogP contribution in [-0.2, 0) is 0 Å². The van der Waals surface area contributed by atoms with Crippen LogP contribution in [0.5, 0.6) is 0 Å². The predicted molar refractivity (Wildman–Crippen MR) is 153 cm³/mol. The molecule has 0 radical (unpaired) electrons. The molecule has 1 unspecified atom stereocenters. The second kappa shape index (κ2) is 10.9. The Bertz CT molecular complexity index is 1240. The maximum absolute atomic E-state index is 5.00. The maximum Gasteiger partial charge on any atom is 0.0687 e. The number of allylic oxidation sites excluding steroid dienone is 4. The minimum absolute atomic E-state index is 0.0779. The smallest absolute Gasteiger partial charge is 0.0687 e. The van der Waals surface area contributed by atoms with E-state index in [4.69, 9.17) is 4.99 Å². The van der Waals surface area contributed by atoms with Gasteiger partial charge in [0, 0.05) is 23.9 Å². The lowest BCUT2D eigenvalue weighted by Crippen LogP contribution is -2.40. The van der Waals surface area contributed by atoms with Gasteiger partial charge >= 0.3 is 0 Å². The lowest BCUT2D eigenvalue weighted by atomic mass is 9.67. The van der Waals surface area contributed by atoms with Crippen molar-refractivity contribution in [3.05, 3.63) is 93.9 Å². The molecule has 4 rings (SSSR count). The van der Waals surface area contributed by atoms with Gasteiger partial charge in [0.2, 0.25) is 0 Å². The van der Waals surface area contributed by atoms with Crippen LogP contribution in [0, 0.1) is 24.2 Å². The number of aliphatic imine (C=N–C) groups is 1. The first kappa shape index (κ1) is 25.4. The molecule has 2 aromatic carbocycles. The quantitative estimate of drug-likeness (QED) is 0.309. The first-order valence-corrected chi connectivity index (χ1v) is 13.6. The van der Waals surface area contributed by atoms with E-state index in [0.717, 1.165) is 18.1 Å². The van der Waals surface area contributed by atoms with E-state index in [0.29, 0.717) is 11.8 Å². The fraction of sp³-hybridized carbons (Fsp3) is 0.441. The zero-order valence-electron chi connectivity index (χ0n) is 22.6. The summed E-state index contributed by atoms with van der Waals surface area (Å²) in [6.45, 7) is 11.3. The molecular formula is C34H43N. The molecule has 0 heterocycles. The highest BCUT2D eigenvalue weighted by molar-refractivity contribution is 6.28. The van der Waals surface area contributed by atoms with E-state index >= 15 is 0 Å². The number of nitrogens with zero attached hydrogens (tertiary/aromatic N) is 1. The van der Waals surface area contributed by atoms with Crippen LogP contribution in [0.4, 0.5) is 0 Å². The highest BCUT2D eigenvalue weighted by Gasteiger charge is 2.35. The summed E-state index contributed by atoms with van der Waals surface area (Å²) in [5, 5.41) is 2.66. The third-order valence-electron chi connectivity index (χ3n) is 8.45. The van der Waals surface area contributed by atoms with E-state index in [9.17, 15) is 0 Å². The molecule has 0 saturated heterocycles. The van der Waals surface area contributed by atoms with Gasteiger partial charge < -0.3 is 0 Å². The van der Waals surface area contributed by atoms with Gasteiger partial charge in [0.1, 0.15) is 0 Å². The SMILES string of the molecule is CC=CC(C)(C=CC)C1CC=c2ccccc2=C1C(=NC)c1ccc(C2CCC(C)CC2)cc1C. The fourth-order valence-corrected chi connectivity index (χ4v) is 6.52. The number of hydrogen-bond acceptors (Lipinski definition) is 1. The molecule has 0 N–H and O–H groups in total. The number of rotatable bonds is 6. The lowest BCUT2D eigenvalue weighted by molar-refractivity contribution is 0.348. The van der Waals surface area contributed by atoms with Crippen LogP contribution in [0.2, 0.25) is 0 Å². The summed E-state index contributed by atoms with van der Waals surface area (Å²) < 4.78 is 0. The molecular weight excluding hydrogens is 422 g/mol. The summed E-state index contributed by atoms with van der Waals surface area (Å²) in [5.74, 6) is 1.91. The predicted octanol–water partition coefficient (Wildman–Crippen LogP) is 7.52. The molecule has 1 atom stereocenters. The zero-order chi connectivity index (χ0) is 25.0. The molecule has 0 aliphatic heterocycles. The molecule has 184 valence electrons. The van der Waals surface area contributed by atoms with Gasteiger partial charge in [-0.1, -0.05) is 99.5 Å². The van der Waals surface area contributed by atoms with Crippen molar-refractivity contribution in [3.63, 3.8) is 0 Å². The minimum Gasteiger partial charge on any atom is -0.288 e. The Labute approximate surface area is 213 Å². The van der Waals surface area contributed by atoms with Gasteiger partial charge in [0.25, 0.3) is 0 Å². The first-order chi connectivity index (χ1) is 16.9. The second-order valence-electron chi connectivity index (χ2n) is 11.0. The molecule has 1 saturated carbocycles. The van der Waals surface area contributed by atoms with Crippen LogP contribution in [0.3, 0.4) is 0 Å². The Morgan fingerprint density at radius 3 is 2.29 bits per heavy atom. The molecule has 2 aliphatic carbocycles. The summed E-state index contributed by atoms with van der Waals surface area (Å²) in [7, 11) is 1.97. The van der Waals surface area contributed by atoms with Crippen molar-refractivity contribution < 1.29 is 0 Å². The highest BCUT2D eigenvalue weighted by atomic mass is 14.7. The molecule has 0 bridgehead atoms. The molecule has 35 heavy (non-hydrogen) atoms. The lowest BCUT2D eigenvalue weighted by Gasteiger charge is -2.37. The summed E-state index contributed by atoms with van der Waals surface area (Å²) in [4.78, 5) is 5.00.